The summed E-state index contributed by atoms with van der Waals surface area (Å²) in [5, 5.41) is 19.2. The highest BCUT2D eigenvalue weighted by Gasteiger charge is 2.34. The molecule has 2 aromatic rings. The van der Waals surface area contributed by atoms with Crippen LogP contribution < -0.4 is 10.6 Å². The van der Waals surface area contributed by atoms with Gasteiger partial charge in [0, 0.05) is 25.1 Å². The summed E-state index contributed by atoms with van der Waals surface area (Å²) < 4.78 is 46.0. The number of alkyl halides is 3. The molecule has 3 N–H and O–H groups in total. The van der Waals surface area contributed by atoms with Crippen molar-refractivity contribution >= 4 is 11.8 Å². The number of aromatic nitrogens is 2. The van der Waals surface area contributed by atoms with Crippen LogP contribution in [0.4, 0.5) is 23.8 Å². The van der Waals surface area contributed by atoms with Crippen molar-refractivity contribution in [1.29, 1.82) is 0 Å². The smallest absolute Gasteiger partial charge is 0.394 e. The first kappa shape index (κ1) is 21.1. The fraction of sp³-hybridized carbons (Fsp3) is 0.474. The first-order valence-corrected chi connectivity index (χ1v) is 9.18. The van der Waals surface area contributed by atoms with Crippen LogP contribution in [0.5, 0.6) is 0 Å². The molecule has 2 atom stereocenters. The minimum Gasteiger partial charge on any atom is -0.394 e. The van der Waals surface area contributed by atoms with Crippen molar-refractivity contribution in [3.05, 3.63) is 47.7 Å². The van der Waals surface area contributed by atoms with Gasteiger partial charge in [-0.3, -0.25) is 5.32 Å². The summed E-state index contributed by atoms with van der Waals surface area (Å²) >= 11 is 0. The Hall–Kier alpha value is -2.59. The Balaban J connectivity index is 1.71. The standard InChI is InChI=1S/C19H23F3N4O3/c1-18(12-27,14-3-2-4-15(9-14)19(20,21)22)25-17(28)24-16-5-7-23-26(16)10-13-6-8-29-11-13/h2-5,7,9,13,27H,6,8,10-12H2,1H3,(H2,24,25,28). The number of aliphatic hydroxyl groups excluding tert-OH is 1. The van der Waals surface area contributed by atoms with Gasteiger partial charge in [-0.15, -0.1) is 0 Å². The van der Waals surface area contributed by atoms with Crippen LogP contribution in [-0.4, -0.2) is 40.7 Å². The van der Waals surface area contributed by atoms with Gasteiger partial charge < -0.3 is 15.2 Å². The van der Waals surface area contributed by atoms with Gasteiger partial charge in [0.05, 0.1) is 30.5 Å². The predicted octanol–water partition coefficient (Wildman–Crippen LogP) is 2.97. The Bertz CT molecular complexity index is 849. The molecular formula is C19H23F3N4O3. The second kappa shape index (κ2) is 8.42. The lowest BCUT2D eigenvalue weighted by molar-refractivity contribution is -0.137. The third-order valence-electron chi connectivity index (χ3n) is 4.95. The van der Waals surface area contributed by atoms with Gasteiger partial charge in [0.1, 0.15) is 5.82 Å². The summed E-state index contributed by atoms with van der Waals surface area (Å²) in [5.41, 5.74) is -2.12. The van der Waals surface area contributed by atoms with E-state index in [9.17, 15) is 23.1 Å². The molecule has 29 heavy (non-hydrogen) atoms. The molecule has 0 bridgehead atoms. The largest absolute Gasteiger partial charge is 0.416 e. The third kappa shape index (κ3) is 5.07. The normalized spacial score (nSPS) is 19.0. The van der Waals surface area contributed by atoms with Crippen LogP contribution in [0.2, 0.25) is 0 Å². The number of nitrogens with zero attached hydrogens (tertiary/aromatic N) is 2. The Morgan fingerprint density at radius 3 is 2.76 bits per heavy atom. The van der Waals surface area contributed by atoms with Gasteiger partial charge in [-0.2, -0.15) is 18.3 Å². The molecule has 1 aromatic heterocycles. The summed E-state index contributed by atoms with van der Waals surface area (Å²) in [6.07, 6.45) is -2.07. The minimum atomic E-state index is -4.52. The Morgan fingerprint density at radius 2 is 2.10 bits per heavy atom. The summed E-state index contributed by atoms with van der Waals surface area (Å²) in [5.74, 6) is 0.741. The number of halogens is 3. The van der Waals surface area contributed by atoms with E-state index in [0.29, 0.717) is 31.5 Å². The summed E-state index contributed by atoms with van der Waals surface area (Å²) in [7, 11) is 0. The first-order chi connectivity index (χ1) is 13.7. The average Bonchev–Trinajstić information content (AvgIpc) is 3.34. The molecule has 2 unspecified atom stereocenters. The number of rotatable bonds is 6. The summed E-state index contributed by atoms with van der Waals surface area (Å²) in [4.78, 5) is 12.5. The van der Waals surface area contributed by atoms with Crippen molar-refractivity contribution in [2.45, 2.75) is 31.6 Å². The van der Waals surface area contributed by atoms with Crippen molar-refractivity contribution in [3.63, 3.8) is 0 Å². The maximum atomic E-state index is 13.0. The molecule has 1 aromatic carbocycles. The molecule has 2 amide bonds. The third-order valence-corrected chi connectivity index (χ3v) is 4.95. The van der Waals surface area contributed by atoms with E-state index in [-0.39, 0.29) is 5.56 Å². The molecule has 1 saturated heterocycles. The molecule has 0 spiro atoms. The van der Waals surface area contributed by atoms with E-state index in [4.69, 9.17) is 4.74 Å². The van der Waals surface area contributed by atoms with Crippen LogP contribution in [0.1, 0.15) is 24.5 Å². The highest BCUT2D eigenvalue weighted by Crippen LogP contribution is 2.32. The number of amides is 2. The van der Waals surface area contributed by atoms with Gasteiger partial charge in [0.25, 0.3) is 0 Å². The number of benzene rings is 1. The fourth-order valence-corrected chi connectivity index (χ4v) is 3.20. The van der Waals surface area contributed by atoms with Crippen LogP contribution in [0, 0.1) is 5.92 Å². The lowest BCUT2D eigenvalue weighted by Crippen LogP contribution is -2.48. The molecule has 1 fully saturated rings. The van der Waals surface area contributed by atoms with Crippen LogP contribution in [0.3, 0.4) is 0 Å². The Kier molecular flexibility index (Phi) is 6.13. The molecule has 3 rings (SSSR count). The van der Waals surface area contributed by atoms with E-state index in [2.05, 4.69) is 15.7 Å². The molecule has 1 aliphatic rings. The van der Waals surface area contributed by atoms with Gasteiger partial charge in [-0.05, 0) is 31.0 Å². The van der Waals surface area contributed by atoms with Gasteiger partial charge in [0.15, 0.2) is 0 Å². The van der Waals surface area contributed by atoms with Crippen molar-refractivity contribution < 1.29 is 27.8 Å². The predicted molar refractivity (Wildman–Crippen MR) is 99.2 cm³/mol. The number of anilines is 1. The number of carbonyl (C=O) groups is 1. The molecule has 2 heterocycles. The van der Waals surface area contributed by atoms with Crippen LogP contribution >= 0.6 is 0 Å². The van der Waals surface area contributed by atoms with Gasteiger partial charge in [0.2, 0.25) is 0 Å². The van der Waals surface area contributed by atoms with Crippen molar-refractivity contribution in [2.75, 3.05) is 25.1 Å². The highest BCUT2D eigenvalue weighted by molar-refractivity contribution is 5.89. The molecule has 0 radical (unpaired) electrons. The van der Waals surface area contributed by atoms with Crippen molar-refractivity contribution in [1.82, 2.24) is 15.1 Å². The zero-order valence-electron chi connectivity index (χ0n) is 15.9. The number of hydrogen-bond donors (Lipinski definition) is 3. The maximum absolute atomic E-state index is 13.0. The molecule has 7 nitrogen and oxygen atoms in total. The molecule has 0 saturated carbocycles. The van der Waals surface area contributed by atoms with Crippen LogP contribution in [0.15, 0.2) is 36.5 Å². The van der Waals surface area contributed by atoms with E-state index >= 15 is 0 Å². The average molecular weight is 412 g/mol. The van der Waals surface area contributed by atoms with E-state index < -0.39 is 29.9 Å². The second-order valence-electron chi connectivity index (χ2n) is 7.28. The van der Waals surface area contributed by atoms with Crippen LogP contribution in [0.25, 0.3) is 0 Å². The molecular weight excluding hydrogens is 389 g/mol. The number of ether oxygens (including phenoxy) is 1. The lowest BCUT2D eigenvalue weighted by atomic mass is 9.91. The number of hydrogen-bond acceptors (Lipinski definition) is 4. The minimum absolute atomic E-state index is 0.140. The van der Waals surface area contributed by atoms with E-state index in [0.717, 1.165) is 18.6 Å². The lowest BCUT2D eigenvalue weighted by Gasteiger charge is -2.30. The number of nitrogens with one attached hydrogen (secondary N) is 2. The molecule has 1 aliphatic heterocycles. The number of carbonyl (C=O) groups excluding carboxylic acids is 1. The summed E-state index contributed by atoms with van der Waals surface area (Å²) in [6.45, 7) is 2.77. The molecule has 10 heteroatoms. The highest BCUT2D eigenvalue weighted by atomic mass is 19.4. The quantitative estimate of drug-likeness (QED) is 0.681. The van der Waals surface area contributed by atoms with E-state index in [1.807, 2.05) is 0 Å². The monoisotopic (exact) mass is 412 g/mol. The van der Waals surface area contributed by atoms with Gasteiger partial charge in [-0.1, -0.05) is 12.1 Å². The maximum Gasteiger partial charge on any atom is 0.416 e. The van der Waals surface area contributed by atoms with Crippen molar-refractivity contribution in [3.8, 4) is 0 Å². The van der Waals surface area contributed by atoms with E-state index in [1.165, 1.54) is 19.1 Å². The SMILES string of the molecule is CC(CO)(NC(=O)Nc1ccnn1CC1CCOC1)c1cccc(C(F)(F)F)c1. The Morgan fingerprint density at radius 1 is 1.34 bits per heavy atom. The zero-order valence-corrected chi connectivity index (χ0v) is 15.9. The zero-order chi connectivity index (χ0) is 21.1. The van der Waals surface area contributed by atoms with Crippen molar-refractivity contribution in [2.24, 2.45) is 5.92 Å². The molecule has 158 valence electrons. The van der Waals surface area contributed by atoms with Gasteiger partial charge >= 0.3 is 12.2 Å². The topological polar surface area (TPSA) is 88.4 Å². The first-order valence-electron chi connectivity index (χ1n) is 9.18. The van der Waals surface area contributed by atoms with Crippen LogP contribution in [-0.2, 0) is 23.0 Å². The Labute approximate surface area is 165 Å². The van der Waals surface area contributed by atoms with E-state index in [1.54, 1.807) is 16.9 Å². The fourth-order valence-electron chi connectivity index (χ4n) is 3.20. The van der Waals surface area contributed by atoms with Gasteiger partial charge in [-0.25, -0.2) is 9.48 Å². The number of aliphatic hydroxyl groups is 1. The molecule has 0 aliphatic carbocycles. The second-order valence-corrected chi connectivity index (χ2v) is 7.28. The summed E-state index contributed by atoms with van der Waals surface area (Å²) in [6, 6.07) is 5.48. The number of urea groups is 1.